The van der Waals surface area contributed by atoms with E-state index in [0.717, 1.165) is 21.5 Å². The maximum Gasteiger partial charge on any atom is 0.260 e. The average Bonchev–Trinajstić information content (AvgIpc) is 3.25. The van der Waals surface area contributed by atoms with E-state index in [1.807, 2.05) is 37.3 Å². The Labute approximate surface area is 190 Å². The zero-order chi connectivity index (χ0) is 22.5. The molecule has 2 aromatic heterocycles. The molecule has 0 bridgehead atoms. The third-order valence-corrected chi connectivity index (χ3v) is 5.87. The predicted molar refractivity (Wildman–Crippen MR) is 125 cm³/mol. The van der Waals surface area contributed by atoms with Crippen LogP contribution in [0, 0.1) is 0 Å². The summed E-state index contributed by atoms with van der Waals surface area (Å²) in [5.74, 6) is 1.63. The van der Waals surface area contributed by atoms with Crippen LogP contribution in [-0.2, 0) is 6.54 Å². The lowest BCUT2D eigenvalue weighted by Gasteiger charge is -2.20. The van der Waals surface area contributed by atoms with Crippen molar-refractivity contribution in [1.29, 1.82) is 0 Å². The van der Waals surface area contributed by atoms with E-state index in [4.69, 9.17) is 19.2 Å². The molecule has 0 saturated heterocycles. The van der Waals surface area contributed by atoms with Crippen LogP contribution in [0.4, 0.5) is 5.13 Å². The average molecular weight is 450 g/mol. The summed E-state index contributed by atoms with van der Waals surface area (Å²) in [5, 5.41) is 0.595. The number of carbonyl (C=O) groups is 1. The van der Waals surface area contributed by atoms with Gasteiger partial charge < -0.3 is 14.2 Å². The van der Waals surface area contributed by atoms with Crippen molar-refractivity contribution in [1.82, 2.24) is 9.97 Å². The molecule has 0 fully saturated rings. The highest BCUT2D eigenvalue weighted by molar-refractivity contribution is 7.22. The molecule has 4 aromatic rings. The first-order chi connectivity index (χ1) is 15.6. The van der Waals surface area contributed by atoms with E-state index in [1.165, 1.54) is 11.3 Å². The number of fused-ring (bicyclic) bond motifs is 1. The van der Waals surface area contributed by atoms with Crippen molar-refractivity contribution in [3.8, 4) is 17.2 Å². The van der Waals surface area contributed by atoms with Crippen molar-refractivity contribution >= 4 is 32.6 Å². The Bertz CT molecular complexity index is 1230. The molecular weight excluding hydrogens is 426 g/mol. The number of hydrogen-bond donors (Lipinski definition) is 0. The van der Waals surface area contributed by atoms with Crippen LogP contribution < -0.4 is 19.1 Å². The number of methoxy groups -OCH3 is 2. The summed E-state index contributed by atoms with van der Waals surface area (Å²) in [6.45, 7) is 2.86. The van der Waals surface area contributed by atoms with E-state index in [-0.39, 0.29) is 5.91 Å². The molecule has 4 rings (SSSR count). The van der Waals surface area contributed by atoms with Gasteiger partial charge in [0.05, 0.1) is 37.6 Å². The standard InChI is InChI=1S/C24H23N3O4S/c1-4-31-18-8-9-19-22(13-18)32-24(26-19)27(15-16-6-5-11-25-14-16)23(28)17-7-10-20(29-2)21(12-17)30-3/h5-14H,4,15H2,1-3H3. The zero-order valence-electron chi connectivity index (χ0n) is 18.1. The quantitative estimate of drug-likeness (QED) is 0.379. The first-order valence-electron chi connectivity index (χ1n) is 10.1. The third kappa shape index (κ3) is 4.50. The molecule has 0 radical (unpaired) electrons. The molecule has 2 aromatic carbocycles. The van der Waals surface area contributed by atoms with Gasteiger partial charge in [-0.1, -0.05) is 17.4 Å². The maximum absolute atomic E-state index is 13.6. The van der Waals surface area contributed by atoms with Gasteiger partial charge in [-0.15, -0.1) is 0 Å². The van der Waals surface area contributed by atoms with E-state index in [1.54, 1.807) is 49.7 Å². The second-order valence-corrected chi connectivity index (χ2v) is 7.89. The Balaban J connectivity index is 1.75. The third-order valence-electron chi connectivity index (χ3n) is 4.83. The van der Waals surface area contributed by atoms with Crippen molar-refractivity contribution in [3.63, 3.8) is 0 Å². The lowest BCUT2D eigenvalue weighted by molar-refractivity contribution is 0.0984. The predicted octanol–water partition coefficient (Wildman–Crippen LogP) is 4.95. The van der Waals surface area contributed by atoms with Gasteiger partial charge in [0.15, 0.2) is 16.6 Å². The normalized spacial score (nSPS) is 10.7. The van der Waals surface area contributed by atoms with Gasteiger partial charge in [-0.25, -0.2) is 4.98 Å². The largest absolute Gasteiger partial charge is 0.494 e. The number of anilines is 1. The van der Waals surface area contributed by atoms with Gasteiger partial charge in [0.25, 0.3) is 5.91 Å². The van der Waals surface area contributed by atoms with E-state index in [0.29, 0.717) is 35.3 Å². The molecule has 0 spiro atoms. The Hall–Kier alpha value is -3.65. The van der Waals surface area contributed by atoms with Gasteiger partial charge in [-0.2, -0.15) is 0 Å². The minimum Gasteiger partial charge on any atom is -0.494 e. The van der Waals surface area contributed by atoms with Gasteiger partial charge in [-0.05, 0) is 55.0 Å². The van der Waals surface area contributed by atoms with E-state index >= 15 is 0 Å². The smallest absolute Gasteiger partial charge is 0.260 e. The number of hydrogen-bond acceptors (Lipinski definition) is 7. The number of carbonyl (C=O) groups excluding carboxylic acids is 1. The van der Waals surface area contributed by atoms with Crippen LogP contribution in [0.25, 0.3) is 10.2 Å². The summed E-state index contributed by atoms with van der Waals surface area (Å²) >= 11 is 1.44. The van der Waals surface area contributed by atoms with Crippen LogP contribution in [0.1, 0.15) is 22.8 Å². The van der Waals surface area contributed by atoms with E-state index in [2.05, 4.69) is 4.98 Å². The van der Waals surface area contributed by atoms with Gasteiger partial charge in [0.2, 0.25) is 0 Å². The Morgan fingerprint density at radius 3 is 2.62 bits per heavy atom. The molecular formula is C24H23N3O4S. The summed E-state index contributed by atoms with van der Waals surface area (Å²) in [6.07, 6.45) is 3.45. The molecule has 0 aliphatic heterocycles. The van der Waals surface area contributed by atoms with Crippen molar-refractivity contribution in [3.05, 3.63) is 72.1 Å². The Kier molecular flexibility index (Phi) is 6.51. The lowest BCUT2D eigenvalue weighted by atomic mass is 10.1. The summed E-state index contributed by atoms with van der Waals surface area (Å²) in [5.41, 5.74) is 2.18. The number of aromatic nitrogens is 2. The molecule has 0 atom stereocenters. The van der Waals surface area contributed by atoms with Crippen LogP contribution in [0.15, 0.2) is 60.9 Å². The van der Waals surface area contributed by atoms with Crippen LogP contribution in [0.5, 0.6) is 17.2 Å². The lowest BCUT2D eigenvalue weighted by Crippen LogP contribution is -2.30. The number of amides is 1. The molecule has 0 unspecified atom stereocenters. The molecule has 8 heteroatoms. The van der Waals surface area contributed by atoms with E-state index < -0.39 is 0 Å². The van der Waals surface area contributed by atoms with Crippen LogP contribution in [0.2, 0.25) is 0 Å². The minimum atomic E-state index is -0.195. The number of benzene rings is 2. The maximum atomic E-state index is 13.6. The van der Waals surface area contributed by atoms with Crippen LogP contribution in [0.3, 0.4) is 0 Å². The highest BCUT2D eigenvalue weighted by atomic mass is 32.1. The van der Waals surface area contributed by atoms with Gasteiger partial charge in [0, 0.05) is 18.0 Å². The molecule has 1 amide bonds. The zero-order valence-corrected chi connectivity index (χ0v) is 18.9. The number of rotatable bonds is 8. The molecule has 7 nitrogen and oxygen atoms in total. The van der Waals surface area contributed by atoms with Crippen molar-refractivity contribution in [2.75, 3.05) is 25.7 Å². The van der Waals surface area contributed by atoms with Crippen molar-refractivity contribution < 1.29 is 19.0 Å². The Morgan fingerprint density at radius 1 is 1.06 bits per heavy atom. The summed E-state index contributed by atoms with van der Waals surface area (Å²) < 4.78 is 17.2. The number of pyridine rings is 1. The minimum absolute atomic E-state index is 0.195. The molecule has 0 saturated carbocycles. The highest BCUT2D eigenvalue weighted by Crippen LogP contribution is 2.34. The second kappa shape index (κ2) is 9.65. The first kappa shape index (κ1) is 21.6. The van der Waals surface area contributed by atoms with Gasteiger partial charge >= 0.3 is 0 Å². The summed E-state index contributed by atoms with van der Waals surface area (Å²) in [4.78, 5) is 24.2. The topological polar surface area (TPSA) is 73.8 Å². The molecule has 0 aliphatic rings. The van der Waals surface area contributed by atoms with Gasteiger partial charge in [0.1, 0.15) is 5.75 Å². The van der Waals surface area contributed by atoms with E-state index in [9.17, 15) is 4.79 Å². The SMILES string of the molecule is CCOc1ccc2nc(N(Cc3cccnc3)C(=O)c3ccc(OC)c(OC)c3)sc2c1. The molecule has 2 heterocycles. The number of ether oxygens (including phenoxy) is 3. The fraction of sp³-hybridized carbons (Fsp3) is 0.208. The monoisotopic (exact) mass is 449 g/mol. The molecule has 164 valence electrons. The van der Waals surface area contributed by atoms with Crippen molar-refractivity contribution in [2.24, 2.45) is 0 Å². The van der Waals surface area contributed by atoms with Crippen molar-refractivity contribution in [2.45, 2.75) is 13.5 Å². The fourth-order valence-electron chi connectivity index (χ4n) is 3.29. The second-order valence-electron chi connectivity index (χ2n) is 6.88. The summed E-state index contributed by atoms with van der Waals surface area (Å²) in [7, 11) is 3.11. The molecule has 32 heavy (non-hydrogen) atoms. The first-order valence-corrected chi connectivity index (χ1v) is 10.9. The molecule has 0 N–H and O–H groups in total. The van der Waals surface area contributed by atoms with Gasteiger partial charge in [-0.3, -0.25) is 14.7 Å². The molecule has 0 aliphatic carbocycles. The fourth-order valence-corrected chi connectivity index (χ4v) is 4.28. The Morgan fingerprint density at radius 2 is 1.91 bits per heavy atom. The highest BCUT2D eigenvalue weighted by Gasteiger charge is 2.23. The number of nitrogens with zero attached hydrogens (tertiary/aromatic N) is 3. The number of thiazole rings is 1. The van der Waals surface area contributed by atoms with Crippen LogP contribution in [-0.4, -0.2) is 36.7 Å². The van der Waals surface area contributed by atoms with Crippen LogP contribution >= 0.6 is 11.3 Å². The summed E-state index contributed by atoms with van der Waals surface area (Å²) in [6, 6.07) is 14.6.